The van der Waals surface area contributed by atoms with Crippen LogP contribution in [-0.2, 0) is 14.3 Å². The van der Waals surface area contributed by atoms with Crippen molar-refractivity contribution in [2.75, 3.05) is 32.8 Å². The predicted molar refractivity (Wildman–Crippen MR) is 72.8 cm³/mol. The molecule has 2 fully saturated rings. The van der Waals surface area contributed by atoms with Crippen molar-refractivity contribution in [2.45, 2.75) is 31.9 Å². The highest BCUT2D eigenvalue weighted by molar-refractivity contribution is 5.87. The van der Waals surface area contributed by atoms with Crippen LogP contribution in [0.2, 0.25) is 0 Å². The number of nitrogens with one attached hydrogen (secondary N) is 1. The summed E-state index contributed by atoms with van der Waals surface area (Å²) in [6.07, 6.45) is 1.12. The summed E-state index contributed by atoms with van der Waals surface area (Å²) in [5, 5.41) is 11.3. The smallest absolute Gasteiger partial charge is 0.329 e. The van der Waals surface area contributed by atoms with Crippen molar-refractivity contribution in [1.82, 2.24) is 15.1 Å². The van der Waals surface area contributed by atoms with Crippen molar-refractivity contribution in [2.24, 2.45) is 0 Å². The van der Waals surface area contributed by atoms with E-state index in [9.17, 15) is 14.4 Å². The van der Waals surface area contributed by atoms with E-state index in [0.717, 1.165) is 0 Å². The standard InChI is InChI=1S/C13H21N3O5/c1-9-12(19)14-4-7-16(9)13(20)15-5-2-10(3-6-15)21-8-11(17)18/h9-10H,2-8H2,1H3,(H,14,19)(H,17,18). The Bertz CT molecular complexity index is 420. The van der Waals surface area contributed by atoms with E-state index in [1.54, 1.807) is 16.7 Å². The highest BCUT2D eigenvalue weighted by Crippen LogP contribution is 2.17. The molecule has 2 heterocycles. The van der Waals surface area contributed by atoms with Crippen LogP contribution < -0.4 is 5.32 Å². The molecule has 0 saturated carbocycles. The summed E-state index contributed by atoms with van der Waals surface area (Å²) >= 11 is 0. The predicted octanol–water partition coefficient (Wildman–Crippen LogP) is -0.508. The molecule has 1 unspecified atom stereocenters. The second kappa shape index (κ2) is 6.75. The molecule has 3 amide bonds. The molecule has 2 rings (SSSR count). The van der Waals surface area contributed by atoms with Crippen LogP contribution >= 0.6 is 0 Å². The number of likely N-dealkylation sites (tertiary alicyclic amines) is 1. The number of carboxylic acids is 1. The molecule has 2 saturated heterocycles. The third kappa shape index (κ3) is 3.84. The van der Waals surface area contributed by atoms with Crippen molar-refractivity contribution in [1.29, 1.82) is 0 Å². The van der Waals surface area contributed by atoms with Crippen LogP contribution in [0.15, 0.2) is 0 Å². The van der Waals surface area contributed by atoms with Crippen molar-refractivity contribution in [3.63, 3.8) is 0 Å². The van der Waals surface area contributed by atoms with Gasteiger partial charge >= 0.3 is 12.0 Å². The van der Waals surface area contributed by atoms with Gasteiger partial charge in [0.2, 0.25) is 5.91 Å². The minimum atomic E-state index is -0.985. The van der Waals surface area contributed by atoms with E-state index in [0.29, 0.717) is 39.0 Å². The zero-order valence-corrected chi connectivity index (χ0v) is 12.1. The first-order valence-corrected chi connectivity index (χ1v) is 7.15. The summed E-state index contributed by atoms with van der Waals surface area (Å²) in [5.74, 6) is -1.11. The zero-order chi connectivity index (χ0) is 15.4. The van der Waals surface area contributed by atoms with E-state index in [4.69, 9.17) is 9.84 Å². The third-order valence-corrected chi connectivity index (χ3v) is 3.90. The fourth-order valence-electron chi connectivity index (χ4n) is 2.63. The van der Waals surface area contributed by atoms with Gasteiger partial charge in [-0.15, -0.1) is 0 Å². The molecule has 8 nitrogen and oxygen atoms in total. The Hall–Kier alpha value is -1.83. The van der Waals surface area contributed by atoms with Gasteiger partial charge in [-0.05, 0) is 19.8 Å². The lowest BCUT2D eigenvalue weighted by atomic mass is 10.1. The normalized spacial score (nSPS) is 23.9. The average molecular weight is 299 g/mol. The fraction of sp³-hybridized carbons (Fsp3) is 0.769. The molecule has 2 aliphatic heterocycles. The maximum absolute atomic E-state index is 12.4. The van der Waals surface area contributed by atoms with Gasteiger partial charge in [-0.3, -0.25) is 4.79 Å². The van der Waals surface area contributed by atoms with E-state index in [1.165, 1.54) is 0 Å². The van der Waals surface area contributed by atoms with E-state index in [1.807, 2.05) is 0 Å². The minimum absolute atomic E-state index is 0.118. The number of carboxylic acid groups (broad SMARTS) is 1. The van der Waals surface area contributed by atoms with Crippen LogP contribution in [0, 0.1) is 0 Å². The summed E-state index contributed by atoms with van der Waals surface area (Å²) < 4.78 is 5.24. The number of rotatable bonds is 3. The van der Waals surface area contributed by atoms with Gasteiger partial charge in [0.15, 0.2) is 0 Å². The lowest BCUT2D eigenvalue weighted by molar-refractivity contribution is -0.145. The van der Waals surface area contributed by atoms with E-state index >= 15 is 0 Å². The third-order valence-electron chi connectivity index (χ3n) is 3.90. The van der Waals surface area contributed by atoms with Crippen LogP contribution in [0.1, 0.15) is 19.8 Å². The average Bonchev–Trinajstić information content (AvgIpc) is 2.48. The number of carbonyl (C=O) groups is 3. The second-order valence-electron chi connectivity index (χ2n) is 5.33. The van der Waals surface area contributed by atoms with Crippen molar-refractivity contribution in [3.05, 3.63) is 0 Å². The largest absolute Gasteiger partial charge is 0.480 e. The van der Waals surface area contributed by atoms with Gasteiger partial charge < -0.3 is 25.0 Å². The molecule has 2 N–H and O–H groups in total. The van der Waals surface area contributed by atoms with Gasteiger partial charge in [-0.1, -0.05) is 0 Å². The number of hydrogen-bond acceptors (Lipinski definition) is 4. The van der Waals surface area contributed by atoms with Gasteiger partial charge in [0, 0.05) is 26.2 Å². The van der Waals surface area contributed by atoms with Crippen molar-refractivity contribution in [3.8, 4) is 0 Å². The Balaban J connectivity index is 1.82. The lowest BCUT2D eigenvalue weighted by Crippen LogP contribution is -2.59. The Morgan fingerprint density at radius 2 is 2.00 bits per heavy atom. The Kier molecular flexibility index (Phi) is 5.00. The summed E-state index contributed by atoms with van der Waals surface area (Å²) in [7, 11) is 0. The summed E-state index contributed by atoms with van der Waals surface area (Å²) in [6, 6.07) is -0.582. The molecule has 8 heteroatoms. The second-order valence-corrected chi connectivity index (χ2v) is 5.33. The molecule has 1 atom stereocenters. The molecule has 0 aromatic carbocycles. The number of hydrogen-bond donors (Lipinski definition) is 2. The van der Waals surface area contributed by atoms with Crippen LogP contribution in [0.25, 0.3) is 0 Å². The summed E-state index contributed by atoms with van der Waals surface area (Å²) in [5.41, 5.74) is 0. The Morgan fingerprint density at radius 3 is 2.62 bits per heavy atom. The van der Waals surface area contributed by atoms with Crippen LogP contribution in [0.4, 0.5) is 4.79 Å². The van der Waals surface area contributed by atoms with E-state index in [2.05, 4.69) is 5.32 Å². The Labute approximate surface area is 123 Å². The van der Waals surface area contributed by atoms with Gasteiger partial charge in [0.05, 0.1) is 6.10 Å². The fourth-order valence-corrected chi connectivity index (χ4v) is 2.63. The number of aliphatic carboxylic acids is 1. The summed E-state index contributed by atoms with van der Waals surface area (Å²) in [4.78, 5) is 37.8. The molecule has 0 aromatic rings. The van der Waals surface area contributed by atoms with Crippen LogP contribution in [0.5, 0.6) is 0 Å². The van der Waals surface area contributed by atoms with E-state index in [-0.39, 0.29) is 24.6 Å². The quantitative estimate of drug-likeness (QED) is 0.731. The topological polar surface area (TPSA) is 99.2 Å². The number of piperidine rings is 1. The number of ether oxygens (including phenoxy) is 1. The van der Waals surface area contributed by atoms with Gasteiger partial charge in [-0.25, -0.2) is 9.59 Å². The molecule has 0 bridgehead atoms. The molecule has 0 aromatic heterocycles. The molecular formula is C13H21N3O5. The van der Waals surface area contributed by atoms with Gasteiger partial charge in [-0.2, -0.15) is 0 Å². The van der Waals surface area contributed by atoms with Crippen LogP contribution in [0.3, 0.4) is 0 Å². The van der Waals surface area contributed by atoms with E-state index < -0.39 is 12.0 Å². The number of piperazine rings is 1. The molecule has 0 spiro atoms. The lowest BCUT2D eigenvalue weighted by Gasteiger charge is -2.39. The number of carbonyl (C=O) groups excluding carboxylic acids is 2. The van der Waals surface area contributed by atoms with Gasteiger partial charge in [0.25, 0.3) is 0 Å². The molecular weight excluding hydrogens is 278 g/mol. The number of nitrogens with zero attached hydrogens (tertiary/aromatic N) is 2. The first-order chi connectivity index (χ1) is 9.99. The highest BCUT2D eigenvalue weighted by atomic mass is 16.5. The van der Waals surface area contributed by atoms with Gasteiger partial charge in [0.1, 0.15) is 12.6 Å². The van der Waals surface area contributed by atoms with Crippen molar-refractivity contribution >= 4 is 17.9 Å². The van der Waals surface area contributed by atoms with Crippen LogP contribution in [-0.4, -0.2) is 77.7 Å². The molecule has 0 aliphatic carbocycles. The summed E-state index contributed by atoms with van der Waals surface area (Å²) in [6.45, 7) is 3.45. The molecule has 0 radical (unpaired) electrons. The zero-order valence-electron chi connectivity index (χ0n) is 12.1. The maximum Gasteiger partial charge on any atom is 0.329 e. The first-order valence-electron chi connectivity index (χ1n) is 7.15. The minimum Gasteiger partial charge on any atom is -0.480 e. The monoisotopic (exact) mass is 299 g/mol. The maximum atomic E-state index is 12.4. The highest BCUT2D eigenvalue weighted by Gasteiger charge is 2.33. The Morgan fingerprint density at radius 1 is 1.33 bits per heavy atom. The molecule has 21 heavy (non-hydrogen) atoms. The SMILES string of the molecule is CC1C(=O)NCCN1C(=O)N1CCC(OCC(=O)O)CC1. The number of amides is 3. The van der Waals surface area contributed by atoms with Crippen molar-refractivity contribution < 1.29 is 24.2 Å². The first kappa shape index (κ1) is 15.6. The number of urea groups is 1. The molecule has 2 aliphatic rings. The molecule has 118 valence electrons.